The third kappa shape index (κ3) is 8.28. The summed E-state index contributed by atoms with van der Waals surface area (Å²) in [7, 11) is 0. The molecule has 6 aromatic carbocycles. The van der Waals surface area contributed by atoms with Gasteiger partial charge in [-0.05, 0) is 88.6 Å². The maximum absolute atomic E-state index is 12.3. The molecular formula is C55H54N3OPt-. The van der Waals surface area contributed by atoms with E-state index in [1.54, 1.807) is 12.1 Å². The first-order valence-electron chi connectivity index (χ1n) is 24.0. The number of fused-ring (bicyclic) bond motifs is 1. The smallest absolute Gasteiger partial charge is 0.148 e. The average molecular weight is 976 g/mol. The molecule has 0 bridgehead atoms. The minimum Gasteiger partial charge on any atom is -0.507 e. The normalized spacial score (nSPS) is 14.2. The molecule has 1 N–H and O–H groups in total. The van der Waals surface area contributed by atoms with E-state index in [0.29, 0.717) is 33.7 Å². The van der Waals surface area contributed by atoms with Gasteiger partial charge in [-0.15, -0.1) is 29.3 Å². The third-order valence-corrected chi connectivity index (χ3v) is 10.9. The van der Waals surface area contributed by atoms with Gasteiger partial charge in [0.15, 0.2) is 0 Å². The monoisotopic (exact) mass is 975 g/mol. The Morgan fingerprint density at radius 1 is 0.717 bits per heavy atom. The predicted molar refractivity (Wildman–Crippen MR) is 248 cm³/mol. The Labute approximate surface area is 381 Å². The molecule has 4 nitrogen and oxygen atoms in total. The molecule has 0 spiro atoms. The SMILES string of the molecule is [2H]c1c([2H])c(C([2H])([2H])[2H])c([2H])c([2H])c1-c1ccnc(-c2[c-]c(-c3cccc4c3nc(-c3cc(C)cc(C(C)(C)C)c3O)n4-c3ccc(C([2H])(C)C)cc3-c3ccccc3)cc(C(C)(C)C)c2)c1.[Pt]. The molecule has 0 radical (unpaired) electrons. The summed E-state index contributed by atoms with van der Waals surface area (Å²) in [4.78, 5) is 10.2. The van der Waals surface area contributed by atoms with Crippen LogP contribution in [0.3, 0.4) is 0 Å². The molecule has 60 heavy (non-hydrogen) atoms. The number of imidazole rings is 1. The second kappa shape index (κ2) is 16.5. The van der Waals surface area contributed by atoms with Crippen LogP contribution in [0.4, 0.5) is 0 Å². The maximum atomic E-state index is 12.3. The molecule has 0 atom stereocenters. The number of benzene rings is 6. The molecule has 0 aliphatic heterocycles. The minimum absolute atomic E-state index is 0. The van der Waals surface area contributed by atoms with Crippen LogP contribution < -0.4 is 0 Å². The van der Waals surface area contributed by atoms with E-state index in [-0.39, 0.29) is 43.2 Å². The van der Waals surface area contributed by atoms with Crippen molar-refractivity contribution in [1.82, 2.24) is 14.5 Å². The van der Waals surface area contributed by atoms with E-state index in [1.807, 2.05) is 87.5 Å². The Bertz CT molecular complexity index is 3220. The molecule has 0 saturated carbocycles. The molecule has 5 heteroatoms. The van der Waals surface area contributed by atoms with Crippen LogP contribution in [0.15, 0.2) is 133 Å². The number of nitrogens with zero attached hydrogens (tertiary/aromatic N) is 3. The number of phenolic OH excluding ortho intramolecular Hbond substituents is 1. The van der Waals surface area contributed by atoms with Crippen LogP contribution in [-0.4, -0.2) is 19.6 Å². The van der Waals surface area contributed by atoms with Crippen LogP contribution in [0.5, 0.6) is 5.75 Å². The van der Waals surface area contributed by atoms with Crippen LogP contribution in [0.2, 0.25) is 0 Å². The summed E-state index contributed by atoms with van der Waals surface area (Å²) in [6.45, 7) is 15.5. The molecule has 0 aliphatic carbocycles. The quantitative estimate of drug-likeness (QED) is 0.162. The van der Waals surface area contributed by atoms with Crippen LogP contribution in [0, 0.1) is 19.8 Å². The zero-order chi connectivity index (χ0) is 48.7. The molecule has 0 unspecified atom stereocenters. The van der Waals surface area contributed by atoms with Crippen molar-refractivity contribution in [3.63, 3.8) is 0 Å². The summed E-state index contributed by atoms with van der Waals surface area (Å²) in [6, 6.07) is 35.1. The Hall–Kier alpha value is -5.57. The molecule has 0 amide bonds. The van der Waals surface area contributed by atoms with Gasteiger partial charge in [0.05, 0.1) is 27.8 Å². The summed E-state index contributed by atoms with van der Waals surface area (Å²) in [5.74, 6) is -0.196. The molecular weight excluding hydrogens is 914 g/mol. The van der Waals surface area contributed by atoms with E-state index >= 15 is 0 Å². The summed E-state index contributed by atoms with van der Waals surface area (Å²) in [5.41, 5.74) is 9.82. The zero-order valence-electron chi connectivity index (χ0n) is 43.5. The standard InChI is InChI=1S/C55H54N3O.Pt/c1-34(2)39-23-24-49(45(32-39)38-15-12-11-13-16-38)58-50-18-14-17-44(51(50)57-53(58)46-27-36(4)28-47(52(46)59)55(8,9)10)41-29-42(31-43(30-41)54(5,6)7)48-33-40(25-26-56-48)37-21-19-35(3)20-22-37;/h11-28,30-34,59H,1-10H3;/q-1;/i3D3,19D,20D,21D,22D,34D;. The summed E-state index contributed by atoms with van der Waals surface area (Å²) >= 11 is 0. The fraction of sp³-hybridized carbons (Fsp3) is 0.236. The fourth-order valence-electron chi connectivity index (χ4n) is 7.63. The number of aromatic hydroxyl groups is 1. The van der Waals surface area contributed by atoms with Gasteiger partial charge < -0.3 is 5.11 Å². The molecule has 0 saturated heterocycles. The largest absolute Gasteiger partial charge is 0.507 e. The second-order valence-corrected chi connectivity index (χ2v) is 17.6. The van der Waals surface area contributed by atoms with E-state index in [2.05, 4.69) is 76.4 Å². The van der Waals surface area contributed by atoms with Gasteiger partial charge in [0.2, 0.25) is 0 Å². The molecule has 2 heterocycles. The Morgan fingerprint density at radius 2 is 1.45 bits per heavy atom. The predicted octanol–water partition coefficient (Wildman–Crippen LogP) is 14.6. The van der Waals surface area contributed by atoms with Crippen molar-refractivity contribution in [1.29, 1.82) is 0 Å². The number of hydrogen-bond acceptors (Lipinski definition) is 3. The van der Waals surface area contributed by atoms with E-state index in [9.17, 15) is 5.11 Å². The molecule has 0 aliphatic rings. The van der Waals surface area contributed by atoms with Gasteiger partial charge in [-0.1, -0.05) is 157 Å². The van der Waals surface area contributed by atoms with Crippen LogP contribution in [0.1, 0.15) is 100 Å². The van der Waals surface area contributed by atoms with Crippen molar-refractivity contribution in [3.05, 3.63) is 167 Å². The molecule has 8 aromatic rings. The summed E-state index contributed by atoms with van der Waals surface area (Å²) < 4.78 is 69.5. The minimum atomic E-state index is -2.83. The van der Waals surface area contributed by atoms with Gasteiger partial charge >= 0.3 is 0 Å². The number of phenols is 1. The first-order chi connectivity index (χ1) is 31.3. The number of para-hydroxylation sites is 1. The fourth-order valence-corrected chi connectivity index (χ4v) is 7.63. The summed E-state index contributed by atoms with van der Waals surface area (Å²) in [6.07, 6.45) is 1.54. The van der Waals surface area contributed by atoms with Crippen molar-refractivity contribution in [3.8, 4) is 67.5 Å². The van der Waals surface area contributed by atoms with Crippen molar-refractivity contribution < 1.29 is 37.1 Å². The van der Waals surface area contributed by atoms with Gasteiger partial charge in [0.1, 0.15) is 11.6 Å². The Morgan fingerprint density at radius 3 is 2.13 bits per heavy atom. The van der Waals surface area contributed by atoms with Crippen molar-refractivity contribution in [2.24, 2.45) is 0 Å². The van der Waals surface area contributed by atoms with E-state index in [4.69, 9.17) is 20.9 Å². The van der Waals surface area contributed by atoms with Gasteiger partial charge in [-0.25, -0.2) is 4.98 Å². The Balaban J connectivity index is 0.00000684. The number of rotatable bonds is 7. The van der Waals surface area contributed by atoms with Gasteiger partial charge in [0.25, 0.3) is 0 Å². The molecule has 0 fully saturated rings. The van der Waals surface area contributed by atoms with E-state index in [0.717, 1.165) is 55.7 Å². The number of pyridine rings is 1. The zero-order valence-corrected chi connectivity index (χ0v) is 37.8. The topological polar surface area (TPSA) is 50.9 Å². The second-order valence-electron chi connectivity index (χ2n) is 17.6. The van der Waals surface area contributed by atoms with Gasteiger partial charge in [-0.3, -0.25) is 9.55 Å². The maximum Gasteiger partial charge on any atom is 0.148 e. The van der Waals surface area contributed by atoms with E-state index < -0.39 is 42.5 Å². The van der Waals surface area contributed by atoms with Crippen LogP contribution >= 0.6 is 0 Å². The van der Waals surface area contributed by atoms with E-state index in [1.165, 1.54) is 6.20 Å². The molecule has 2 aromatic heterocycles. The van der Waals surface area contributed by atoms with Gasteiger partial charge in [-0.2, -0.15) is 0 Å². The third-order valence-electron chi connectivity index (χ3n) is 10.9. The van der Waals surface area contributed by atoms with Crippen LogP contribution in [0.25, 0.3) is 72.7 Å². The number of aromatic nitrogens is 3. The first kappa shape index (κ1) is 33.2. The molecule has 306 valence electrons. The van der Waals surface area contributed by atoms with Crippen molar-refractivity contribution in [2.75, 3.05) is 0 Å². The van der Waals surface area contributed by atoms with Gasteiger partial charge in [0, 0.05) is 49.6 Å². The first-order valence-corrected chi connectivity index (χ1v) is 20.0. The van der Waals surface area contributed by atoms with Crippen molar-refractivity contribution >= 4 is 11.0 Å². The molecule has 8 rings (SSSR count). The van der Waals surface area contributed by atoms with Crippen LogP contribution in [-0.2, 0) is 31.9 Å². The number of aryl methyl sites for hydroxylation is 1. The number of hydrogen-bond donors (Lipinski definition) is 1. The van der Waals surface area contributed by atoms with Crippen molar-refractivity contribution in [2.45, 2.75) is 85.9 Å². The average Bonchev–Trinajstić information content (AvgIpc) is 3.64. The summed E-state index contributed by atoms with van der Waals surface area (Å²) in [5, 5.41) is 12.3. The Kier molecular flexibility index (Phi) is 9.11.